The van der Waals surface area contributed by atoms with Crippen molar-refractivity contribution < 1.29 is 5.11 Å². The first kappa shape index (κ1) is 18.4. The van der Waals surface area contributed by atoms with Crippen LogP contribution in [-0.2, 0) is 0 Å². The number of likely N-dealkylation sites (tertiary alicyclic amines) is 1. The Kier molecular flexibility index (Phi) is 6.48. The summed E-state index contributed by atoms with van der Waals surface area (Å²) in [6, 6.07) is 2.66. The molecule has 140 valence electrons. The molecule has 2 saturated heterocycles. The smallest absolute Gasteiger partial charge is 0.134 e. The number of nitrogens with one attached hydrogen (secondary N) is 1. The molecule has 2 aliphatic rings. The molecule has 0 aliphatic carbocycles. The van der Waals surface area contributed by atoms with Crippen LogP contribution in [0.4, 0.5) is 11.6 Å². The first-order valence-electron chi connectivity index (χ1n) is 9.81. The maximum atomic E-state index is 9.43. The van der Waals surface area contributed by atoms with Gasteiger partial charge in [0.1, 0.15) is 18.0 Å². The molecule has 2 N–H and O–H groups in total. The summed E-state index contributed by atoms with van der Waals surface area (Å²) >= 11 is 0. The summed E-state index contributed by atoms with van der Waals surface area (Å²) in [7, 11) is 0. The van der Waals surface area contributed by atoms with Gasteiger partial charge < -0.3 is 15.3 Å². The molecule has 0 amide bonds. The van der Waals surface area contributed by atoms with Crippen LogP contribution in [0.1, 0.15) is 39.5 Å². The third-order valence-electron chi connectivity index (χ3n) is 5.37. The highest BCUT2D eigenvalue weighted by Gasteiger charge is 2.25. The van der Waals surface area contributed by atoms with Crippen LogP contribution < -0.4 is 10.2 Å². The SMILES string of the molecule is CC(C)CN1CCC[C@@H]1CNc1cc(N2CCCC(CO)C2)ncn1. The van der Waals surface area contributed by atoms with Crippen molar-refractivity contribution in [3.8, 4) is 0 Å². The largest absolute Gasteiger partial charge is 0.396 e. The van der Waals surface area contributed by atoms with Gasteiger partial charge >= 0.3 is 0 Å². The maximum absolute atomic E-state index is 9.43. The third kappa shape index (κ3) is 5.05. The van der Waals surface area contributed by atoms with Gasteiger partial charge in [-0.25, -0.2) is 9.97 Å². The molecule has 1 aromatic rings. The molecule has 0 aromatic carbocycles. The molecular formula is C19H33N5O. The Morgan fingerprint density at radius 1 is 1.24 bits per heavy atom. The second-order valence-electron chi connectivity index (χ2n) is 7.96. The van der Waals surface area contributed by atoms with E-state index in [1.54, 1.807) is 6.33 Å². The van der Waals surface area contributed by atoms with Crippen LogP contribution in [0.5, 0.6) is 0 Å². The van der Waals surface area contributed by atoms with E-state index in [0.29, 0.717) is 17.9 Å². The molecule has 25 heavy (non-hydrogen) atoms. The zero-order chi connectivity index (χ0) is 17.6. The predicted octanol–water partition coefficient (Wildman–Crippen LogP) is 2.22. The summed E-state index contributed by atoms with van der Waals surface area (Å²) in [5, 5.41) is 13.0. The zero-order valence-corrected chi connectivity index (χ0v) is 15.7. The van der Waals surface area contributed by atoms with E-state index in [9.17, 15) is 5.11 Å². The molecule has 2 aliphatic heterocycles. The second-order valence-corrected chi connectivity index (χ2v) is 7.96. The summed E-state index contributed by atoms with van der Waals surface area (Å²) in [5.74, 6) is 2.96. The van der Waals surface area contributed by atoms with E-state index < -0.39 is 0 Å². The average Bonchev–Trinajstić information content (AvgIpc) is 3.06. The van der Waals surface area contributed by atoms with Crippen LogP contribution in [0.3, 0.4) is 0 Å². The van der Waals surface area contributed by atoms with Gasteiger partial charge in [-0.2, -0.15) is 0 Å². The molecule has 3 heterocycles. The number of aromatic nitrogens is 2. The van der Waals surface area contributed by atoms with Crippen molar-refractivity contribution in [2.75, 3.05) is 49.5 Å². The molecule has 0 radical (unpaired) electrons. The number of rotatable bonds is 7. The normalized spacial score (nSPS) is 24.9. The fourth-order valence-corrected chi connectivity index (χ4v) is 4.10. The Labute approximate surface area is 151 Å². The highest BCUT2D eigenvalue weighted by Crippen LogP contribution is 2.23. The third-order valence-corrected chi connectivity index (χ3v) is 5.37. The Morgan fingerprint density at radius 2 is 2.08 bits per heavy atom. The minimum atomic E-state index is 0.264. The fourth-order valence-electron chi connectivity index (χ4n) is 4.10. The summed E-state index contributed by atoms with van der Waals surface area (Å²) < 4.78 is 0. The quantitative estimate of drug-likeness (QED) is 0.788. The number of anilines is 2. The zero-order valence-electron chi connectivity index (χ0n) is 15.7. The number of aliphatic hydroxyl groups excluding tert-OH is 1. The lowest BCUT2D eigenvalue weighted by molar-refractivity contribution is 0.208. The van der Waals surface area contributed by atoms with E-state index in [2.05, 4.69) is 45.0 Å². The number of hydrogen-bond donors (Lipinski definition) is 2. The van der Waals surface area contributed by atoms with Gasteiger partial charge in [0, 0.05) is 44.9 Å². The van der Waals surface area contributed by atoms with Gasteiger partial charge in [-0.3, -0.25) is 4.90 Å². The van der Waals surface area contributed by atoms with Crippen molar-refractivity contribution >= 4 is 11.6 Å². The van der Waals surface area contributed by atoms with E-state index >= 15 is 0 Å². The highest BCUT2D eigenvalue weighted by molar-refractivity contribution is 5.48. The summed E-state index contributed by atoms with van der Waals surface area (Å²) in [4.78, 5) is 13.7. The van der Waals surface area contributed by atoms with Crippen molar-refractivity contribution in [2.24, 2.45) is 11.8 Å². The number of nitrogens with zero attached hydrogens (tertiary/aromatic N) is 4. The average molecular weight is 348 g/mol. The first-order chi connectivity index (χ1) is 12.2. The molecule has 1 unspecified atom stereocenters. The van der Waals surface area contributed by atoms with Crippen LogP contribution in [0.15, 0.2) is 12.4 Å². The molecule has 0 spiro atoms. The molecule has 2 atom stereocenters. The summed E-state index contributed by atoms with van der Waals surface area (Å²) in [5.41, 5.74) is 0. The number of piperidine rings is 1. The van der Waals surface area contributed by atoms with Gasteiger partial charge in [0.05, 0.1) is 0 Å². The number of hydrogen-bond acceptors (Lipinski definition) is 6. The molecule has 6 heteroatoms. The van der Waals surface area contributed by atoms with Crippen LogP contribution >= 0.6 is 0 Å². The molecule has 1 aromatic heterocycles. The standard InChI is InChI=1S/C19H33N5O/c1-15(2)11-23-7-4-6-17(23)10-20-18-9-19(22-14-21-18)24-8-3-5-16(12-24)13-25/h9,14-17,25H,3-8,10-13H2,1-2H3,(H,20,21,22)/t16?,17-/m1/s1. The Hall–Kier alpha value is -1.40. The van der Waals surface area contributed by atoms with Crippen molar-refractivity contribution in [1.82, 2.24) is 14.9 Å². The van der Waals surface area contributed by atoms with Gasteiger partial charge in [-0.1, -0.05) is 13.8 Å². The topological polar surface area (TPSA) is 64.5 Å². The van der Waals surface area contributed by atoms with Crippen LogP contribution in [0.25, 0.3) is 0 Å². The molecule has 3 rings (SSSR count). The fraction of sp³-hybridized carbons (Fsp3) is 0.789. The van der Waals surface area contributed by atoms with E-state index in [-0.39, 0.29) is 6.61 Å². The van der Waals surface area contributed by atoms with Gasteiger partial charge in [0.2, 0.25) is 0 Å². The molecule has 6 nitrogen and oxygen atoms in total. The van der Waals surface area contributed by atoms with Gasteiger partial charge in [-0.15, -0.1) is 0 Å². The van der Waals surface area contributed by atoms with Gasteiger partial charge in [-0.05, 0) is 44.1 Å². The van der Waals surface area contributed by atoms with Crippen LogP contribution in [-0.4, -0.2) is 65.3 Å². The lowest BCUT2D eigenvalue weighted by Crippen LogP contribution is -2.38. The lowest BCUT2D eigenvalue weighted by Gasteiger charge is -2.32. The Balaban J connectivity index is 1.56. The lowest BCUT2D eigenvalue weighted by atomic mass is 9.99. The first-order valence-corrected chi connectivity index (χ1v) is 9.81. The van der Waals surface area contributed by atoms with E-state index in [4.69, 9.17) is 0 Å². The molecule has 0 bridgehead atoms. The van der Waals surface area contributed by atoms with Crippen molar-refractivity contribution in [3.05, 3.63) is 12.4 Å². The van der Waals surface area contributed by atoms with E-state index in [1.165, 1.54) is 25.9 Å². The van der Waals surface area contributed by atoms with Crippen molar-refractivity contribution in [2.45, 2.75) is 45.6 Å². The Bertz CT molecular complexity index is 538. The summed E-state index contributed by atoms with van der Waals surface area (Å²) in [6.07, 6.45) is 6.44. The summed E-state index contributed by atoms with van der Waals surface area (Å²) in [6.45, 7) is 10.1. The van der Waals surface area contributed by atoms with Crippen molar-refractivity contribution in [1.29, 1.82) is 0 Å². The predicted molar refractivity (Wildman–Crippen MR) is 102 cm³/mol. The minimum absolute atomic E-state index is 0.264. The van der Waals surface area contributed by atoms with Crippen molar-refractivity contribution in [3.63, 3.8) is 0 Å². The maximum Gasteiger partial charge on any atom is 0.134 e. The Morgan fingerprint density at radius 3 is 2.88 bits per heavy atom. The van der Waals surface area contributed by atoms with Gasteiger partial charge in [0.15, 0.2) is 0 Å². The second kappa shape index (κ2) is 8.81. The number of aliphatic hydroxyl groups is 1. The minimum Gasteiger partial charge on any atom is -0.396 e. The van der Waals surface area contributed by atoms with E-state index in [0.717, 1.165) is 44.1 Å². The monoisotopic (exact) mass is 347 g/mol. The van der Waals surface area contributed by atoms with Crippen LogP contribution in [0, 0.1) is 11.8 Å². The van der Waals surface area contributed by atoms with E-state index in [1.807, 2.05) is 0 Å². The molecule has 2 fully saturated rings. The molecular weight excluding hydrogens is 314 g/mol. The van der Waals surface area contributed by atoms with Gasteiger partial charge in [0.25, 0.3) is 0 Å². The highest BCUT2D eigenvalue weighted by atomic mass is 16.3. The van der Waals surface area contributed by atoms with Crippen LogP contribution in [0.2, 0.25) is 0 Å². The molecule has 0 saturated carbocycles.